The topological polar surface area (TPSA) is 182 Å². The zero-order chi connectivity index (χ0) is 29.0. The molecule has 0 aliphatic rings. The highest BCUT2D eigenvalue weighted by Crippen LogP contribution is 2.28. The van der Waals surface area contributed by atoms with E-state index in [1.165, 1.54) is 13.2 Å². The van der Waals surface area contributed by atoms with Crippen molar-refractivity contribution in [3.05, 3.63) is 71.9 Å². The Bertz CT molecular complexity index is 1500. The fraction of sp³-hybridized carbons (Fsp3) is 0.296. The second kappa shape index (κ2) is 12.4. The van der Waals surface area contributed by atoms with Crippen molar-refractivity contribution in [3.8, 4) is 17.0 Å². The zero-order valence-corrected chi connectivity index (χ0v) is 21.7. The van der Waals surface area contributed by atoms with Gasteiger partial charge in [-0.05, 0) is 48.9 Å². The Balaban J connectivity index is 1.47. The minimum absolute atomic E-state index is 0.138. The van der Waals surface area contributed by atoms with Crippen molar-refractivity contribution in [1.29, 1.82) is 0 Å². The van der Waals surface area contributed by atoms with Gasteiger partial charge in [-0.2, -0.15) is 0 Å². The van der Waals surface area contributed by atoms with Gasteiger partial charge in [0.1, 0.15) is 18.3 Å². The summed E-state index contributed by atoms with van der Waals surface area (Å²) in [6.45, 7) is 0.513. The number of amides is 1. The number of ether oxygens (including phenoxy) is 1. The van der Waals surface area contributed by atoms with Crippen LogP contribution in [0.2, 0.25) is 0 Å². The summed E-state index contributed by atoms with van der Waals surface area (Å²) in [7, 11) is 1.40. The lowest BCUT2D eigenvalue weighted by Gasteiger charge is -2.25. The van der Waals surface area contributed by atoms with Gasteiger partial charge in [-0.3, -0.25) is 9.20 Å². The van der Waals surface area contributed by atoms with E-state index in [0.29, 0.717) is 39.5 Å². The third-order valence-corrected chi connectivity index (χ3v) is 6.41. The van der Waals surface area contributed by atoms with E-state index in [2.05, 4.69) is 20.6 Å². The first kappa shape index (κ1) is 28.9. The Morgan fingerprint density at radius 3 is 2.50 bits per heavy atom. The lowest BCUT2D eigenvalue weighted by atomic mass is 10.0. The number of aryl methyl sites for hydroxylation is 1. The van der Waals surface area contributed by atoms with Crippen LogP contribution in [-0.4, -0.2) is 90.5 Å². The van der Waals surface area contributed by atoms with Crippen molar-refractivity contribution in [2.75, 3.05) is 25.6 Å². The Labute approximate surface area is 228 Å². The molecule has 12 nitrogen and oxygen atoms in total. The van der Waals surface area contributed by atoms with Gasteiger partial charge in [-0.25, -0.2) is 14.4 Å². The van der Waals surface area contributed by atoms with Gasteiger partial charge >= 0.3 is 0 Å². The smallest absolute Gasteiger partial charge is 0.251 e. The van der Waals surface area contributed by atoms with Gasteiger partial charge in [-0.15, -0.1) is 0 Å². The molecule has 0 saturated heterocycles. The van der Waals surface area contributed by atoms with Crippen LogP contribution in [0.25, 0.3) is 16.9 Å². The van der Waals surface area contributed by atoms with Crippen LogP contribution in [-0.2, 0) is 0 Å². The average Bonchev–Trinajstić information content (AvgIpc) is 3.39. The minimum Gasteiger partial charge on any atom is -0.494 e. The molecular formula is C27H30FN5O7. The summed E-state index contributed by atoms with van der Waals surface area (Å²) in [6.07, 6.45) is -1.90. The summed E-state index contributed by atoms with van der Waals surface area (Å²) in [5.74, 6) is -0.456. The number of rotatable bonds is 11. The van der Waals surface area contributed by atoms with Crippen molar-refractivity contribution >= 4 is 23.1 Å². The first-order valence-electron chi connectivity index (χ1n) is 12.3. The van der Waals surface area contributed by atoms with E-state index < -0.39 is 49.3 Å². The normalized spacial score (nSPS) is 14.4. The van der Waals surface area contributed by atoms with Crippen molar-refractivity contribution in [2.24, 2.45) is 0 Å². The van der Waals surface area contributed by atoms with Crippen molar-refractivity contribution in [1.82, 2.24) is 19.7 Å². The fourth-order valence-corrected chi connectivity index (χ4v) is 4.16. The molecule has 4 aromatic rings. The lowest BCUT2D eigenvalue weighted by Crippen LogP contribution is -2.49. The van der Waals surface area contributed by atoms with Gasteiger partial charge in [0.05, 0.1) is 31.7 Å². The maximum Gasteiger partial charge on any atom is 0.251 e. The monoisotopic (exact) mass is 555 g/mol. The van der Waals surface area contributed by atoms with E-state index in [-0.39, 0.29) is 5.75 Å². The van der Waals surface area contributed by atoms with Crippen LogP contribution in [0.4, 0.5) is 15.9 Å². The zero-order valence-electron chi connectivity index (χ0n) is 21.7. The van der Waals surface area contributed by atoms with Gasteiger partial charge in [0.15, 0.2) is 23.0 Å². The summed E-state index contributed by atoms with van der Waals surface area (Å²) in [5, 5.41) is 53.6. The molecule has 4 atom stereocenters. The van der Waals surface area contributed by atoms with Crippen LogP contribution >= 0.6 is 0 Å². The largest absolute Gasteiger partial charge is 0.494 e. The number of halogens is 1. The van der Waals surface area contributed by atoms with Crippen LogP contribution in [0, 0.1) is 12.7 Å². The van der Waals surface area contributed by atoms with Gasteiger partial charge in [0.25, 0.3) is 5.91 Å². The Morgan fingerprint density at radius 2 is 1.82 bits per heavy atom. The number of benzene rings is 2. The van der Waals surface area contributed by atoms with E-state index in [0.717, 1.165) is 0 Å². The van der Waals surface area contributed by atoms with Crippen LogP contribution in [0.15, 0.2) is 55.0 Å². The van der Waals surface area contributed by atoms with Crippen molar-refractivity contribution in [3.63, 3.8) is 0 Å². The van der Waals surface area contributed by atoms with E-state index in [1.807, 2.05) is 0 Å². The second-order valence-electron chi connectivity index (χ2n) is 9.13. The number of hydrogen-bond donors (Lipinski definition) is 7. The number of hydrogen-bond acceptors (Lipinski definition) is 10. The summed E-state index contributed by atoms with van der Waals surface area (Å²) in [6, 6.07) is 9.57. The van der Waals surface area contributed by atoms with Crippen LogP contribution in [0.5, 0.6) is 5.75 Å². The molecule has 2 aromatic carbocycles. The number of nitrogens with zero attached hydrogens (tertiary/aromatic N) is 3. The molecule has 0 aliphatic carbocycles. The van der Waals surface area contributed by atoms with E-state index >= 15 is 0 Å². The predicted molar refractivity (Wildman–Crippen MR) is 143 cm³/mol. The summed E-state index contributed by atoms with van der Waals surface area (Å²) >= 11 is 0. The van der Waals surface area contributed by atoms with E-state index in [9.17, 15) is 29.6 Å². The Morgan fingerprint density at radius 1 is 1.07 bits per heavy atom. The first-order chi connectivity index (χ1) is 19.1. The van der Waals surface area contributed by atoms with Crippen molar-refractivity contribution < 1.29 is 39.5 Å². The van der Waals surface area contributed by atoms with E-state index in [1.54, 1.807) is 60.2 Å². The molecule has 2 heterocycles. The van der Waals surface area contributed by atoms with Crippen LogP contribution < -0.4 is 15.4 Å². The molecule has 4 unspecified atom stereocenters. The lowest BCUT2D eigenvalue weighted by molar-refractivity contribution is -0.113. The molecule has 40 heavy (non-hydrogen) atoms. The maximum atomic E-state index is 14.3. The molecule has 2 aromatic heterocycles. The average molecular weight is 556 g/mol. The third-order valence-electron chi connectivity index (χ3n) is 6.41. The molecule has 212 valence electrons. The van der Waals surface area contributed by atoms with Gasteiger partial charge in [-0.1, -0.05) is 0 Å². The summed E-state index contributed by atoms with van der Waals surface area (Å²) in [5.41, 5.74) is 3.26. The number of carbonyl (C=O) groups is 1. The highest BCUT2D eigenvalue weighted by atomic mass is 19.1. The quantitative estimate of drug-likeness (QED) is 0.140. The molecule has 0 fully saturated rings. The molecule has 0 spiro atoms. The molecule has 13 heteroatoms. The number of imidazole rings is 1. The number of nitrogens with one attached hydrogen (secondary N) is 2. The van der Waals surface area contributed by atoms with E-state index in [4.69, 9.17) is 9.84 Å². The molecule has 4 rings (SSSR count). The first-order valence-corrected chi connectivity index (χ1v) is 12.3. The highest BCUT2D eigenvalue weighted by Gasteiger charge is 2.30. The molecule has 0 aliphatic heterocycles. The van der Waals surface area contributed by atoms with Gasteiger partial charge in [0, 0.05) is 35.8 Å². The van der Waals surface area contributed by atoms with Gasteiger partial charge in [0.2, 0.25) is 0 Å². The number of fused-ring (bicyclic) bond motifs is 1. The van der Waals surface area contributed by atoms with Crippen LogP contribution in [0.1, 0.15) is 15.9 Å². The summed E-state index contributed by atoms with van der Waals surface area (Å²) in [4.78, 5) is 21.5. The number of aliphatic hydroxyl groups is 5. The Kier molecular flexibility index (Phi) is 8.92. The SMILES string of the molecule is COc1ccc(-c2cnc3c(Nc4ccc(C(=O)NCC(O)C(O)C(O)C(O)CO)c(C)c4)nccn23)cc1F. The second-order valence-corrected chi connectivity index (χ2v) is 9.13. The fourth-order valence-electron chi connectivity index (χ4n) is 4.16. The highest BCUT2D eigenvalue weighted by molar-refractivity contribution is 5.96. The molecular weight excluding hydrogens is 525 g/mol. The molecule has 1 amide bonds. The summed E-state index contributed by atoms with van der Waals surface area (Å²) < 4.78 is 21.0. The molecule has 7 N–H and O–H groups in total. The predicted octanol–water partition coefficient (Wildman–Crippen LogP) is 0.762. The molecule has 0 radical (unpaired) electrons. The Hall–Kier alpha value is -4.14. The third kappa shape index (κ3) is 6.03. The van der Waals surface area contributed by atoms with Gasteiger partial charge < -0.3 is 40.9 Å². The van der Waals surface area contributed by atoms with Crippen LogP contribution in [0.3, 0.4) is 0 Å². The number of aliphatic hydroxyl groups excluding tert-OH is 5. The number of methoxy groups -OCH3 is 1. The molecule has 0 saturated carbocycles. The van der Waals surface area contributed by atoms with Crippen molar-refractivity contribution in [2.45, 2.75) is 31.3 Å². The minimum atomic E-state index is -1.79. The number of anilines is 2. The number of carbonyl (C=O) groups excluding carboxylic acids is 1. The maximum absolute atomic E-state index is 14.3. The standard InChI is InChI=1S/C27H30FN5O7/c1-14-9-16(4-5-17(14)27(39)31-12-20(35)23(37)24(38)21(36)13-34)32-25-26-30-11-19(33(26)8-7-29-25)15-3-6-22(40-2)18(28)10-15/h3-11,20-21,23-24,34-38H,12-13H2,1-2H3,(H,29,32)(H,31,39). The number of aromatic nitrogens is 3. The molecule has 0 bridgehead atoms.